The van der Waals surface area contributed by atoms with Crippen molar-refractivity contribution >= 4 is 0 Å². The van der Waals surface area contributed by atoms with Crippen LogP contribution in [0.15, 0.2) is 0 Å². The van der Waals surface area contributed by atoms with Crippen LogP contribution < -0.4 is 5.32 Å². The summed E-state index contributed by atoms with van der Waals surface area (Å²) in [5, 5.41) is 3.02. The molecule has 0 aliphatic carbocycles. The fraction of sp³-hybridized carbons (Fsp3) is 1.00. The van der Waals surface area contributed by atoms with E-state index >= 15 is 0 Å². The van der Waals surface area contributed by atoms with E-state index in [1.165, 1.54) is 32.6 Å². The zero-order valence-corrected chi connectivity index (χ0v) is 21.3. The molecular weight excluding hydrogens is 370 g/mol. The maximum absolute atomic E-state index is 5.06. The fourth-order valence-corrected chi connectivity index (χ4v) is 2.06. The number of hydrogen-bond donors (Lipinski definition) is 1. The largest absolute Gasteiger partial charge is 0.356 e. The molecule has 2 fully saturated rings. The van der Waals surface area contributed by atoms with Gasteiger partial charge in [0.2, 0.25) is 0 Å². The van der Waals surface area contributed by atoms with E-state index < -0.39 is 0 Å². The summed E-state index contributed by atoms with van der Waals surface area (Å²) in [7, 11) is 7.93. The van der Waals surface area contributed by atoms with Gasteiger partial charge in [0.1, 0.15) is 0 Å². The summed E-state index contributed by atoms with van der Waals surface area (Å²) in [5.41, 5.74) is 0. The van der Waals surface area contributed by atoms with Crippen LogP contribution in [-0.4, -0.2) is 103 Å². The second-order valence-corrected chi connectivity index (χ2v) is 6.63. The van der Waals surface area contributed by atoms with Gasteiger partial charge in [0.05, 0.1) is 13.2 Å². The number of nitrogens with zero attached hydrogens (tertiary/aromatic N) is 2. The Labute approximate surface area is 182 Å². The van der Waals surface area contributed by atoms with Gasteiger partial charge < -0.3 is 34.1 Å². The van der Waals surface area contributed by atoms with Crippen LogP contribution in [0.3, 0.4) is 0 Å². The third-order valence-electron chi connectivity index (χ3n) is 3.95. The minimum Gasteiger partial charge on any atom is -0.356 e. The summed E-state index contributed by atoms with van der Waals surface area (Å²) < 4.78 is 19.8. The first kappa shape index (κ1) is 33.4. The van der Waals surface area contributed by atoms with Gasteiger partial charge in [0.15, 0.2) is 12.6 Å². The molecule has 0 aromatic heterocycles. The van der Waals surface area contributed by atoms with Gasteiger partial charge in [-0.25, -0.2) is 0 Å². The SMILES string of the molecule is CC.CC1OCCCO1.CCCNC.CCOC(C)OC.CN1CCN(C)CC1. The highest BCUT2D eigenvalue weighted by molar-refractivity contribution is 4.64. The van der Waals surface area contributed by atoms with E-state index in [4.69, 9.17) is 18.9 Å². The molecule has 0 spiro atoms. The molecule has 0 amide bonds. The van der Waals surface area contributed by atoms with Gasteiger partial charge in [-0.05, 0) is 61.3 Å². The fourth-order valence-electron chi connectivity index (χ4n) is 2.06. The summed E-state index contributed by atoms with van der Waals surface area (Å²) >= 11 is 0. The molecule has 2 aliphatic rings. The number of methoxy groups -OCH3 is 1. The topological polar surface area (TPSA) is 55.4 Å². The van der Waals surface area contributed by atoms with Crippen LogP contribution in [0.1, 0.15) is 54.4 Å². The van der Waals surface area contributed by atoms with Crippen molar-refractivity contribution in [2.75, 3.05) is 80.8 Å². The van der Waals surface area contributed by atoms with E-state index in [0.29, 0.717) is 0 Å². The normalized spacial score (nSPS) is 18.4. The van der Waals surface area contributed by atoms with Crippen LogP contribution in [0.25, 0.3) is 0 Å². The second kappa shape index (κ2) is 27.7. The molecule has 7 heteroatoms. The molecule has 0 bridgehead atoms. The number of rotatable bonds is 5. The van der Waals surface area contributed by atoms with E-state index in [1.54, 1.807) is 7.11 Å². The molecule has 29 heavy (non-hydrogen) atoms. The van der Waals surface area contributed by atoms with E-state index in [2.05, 4.69) is 36.1 Å². The number of ether oxygens (including phenoxy) is 4. The zero-order chi connectivity index (χ0) is 22.9. The monoisotopic (exact) mass is 423 g/mol. The first-order valence-corrected chi connectivity index (χ1v) is 11.3. The Bertz CT molecular complexity index is 258. The maximum atomic E-state index is 5.06. The summed E-state index contributed by atoms with van der Waals surface area (Å²) in [4.78, 5) is 4.72. The van der Waals surface area contributed by atoms with Crippen molar-refractivity contribution in [3.05, 3.63) is 0 Å². The van der Waals surface area contributed by atoms with Gasteiger partial charge in [0.25, 0.3) is 0 Å². The summed E-state index contributed by atoms with van der Waals surface area (Å²) in [6, 6.07) is 0. The predicted molar refractivity (Wildman–Crippen MR) is 125 cm³/mol. The Hall–Kier alpha value is -0.280. The minimum atomic E-state index is -0.0509. The van der Waals surface area contributed by atoms with Crippen molar-refractivity contribution in [2.24, 2.45) is 0 Å². The Morgan fingerprint density at radius 1 is 1.00 bits per heavy atom. The molecule has 1 N–H and O–H groups in total. The summed E-state index contributed by atoms with van der Waals surface area (Å²) in [6.07, 6.45) is 2.26. The molecule has 0 aromatic rings. The van der Waals surface area contributed by atoms with E-state index in [1.807, 2.05) is 41.7 Å². The average Bonchev–Trinajstić information content (AvgIpc) is 2.74. The second-order valence-electron chi connectivity index (χ2n) is 6.63. The standard InChI is InChI=1S/C6H14N2.C5H10O2.C5H12O2.C4H11N.C2H6/c1-7-3-5-8(2)6-4-7;1-5-6-3-2-4-7-5;1-4-7-5(2)6-3;1-3-4-5-2;1-2/h3-6H2,1-2H3;5H,2-4H2,1H3;5H,4H2,1-3H3;5H,3-4H2,1-2H3;1-2H3. The number of likely N-dealkylation sites (N-methyl/N-ethyl adjacent to an activating group) is 2. The third kappa shape index (κ3) is 30.0. The lowest BCUT2D eigenvalue weighted by Crippen LogP contribution is -2.42. The lowest BCUT2D eigenvalue weighted by atomic mass is 10.4. The van der Waals surface area contributed by atoms with E-state index in [9.17, 15) is 0 Å². The Morgan fingerprint density at radius 2 is 1.45 bits per heavy atom. The van der Waals surface area contributed by atoms with Gasteiger partial charge in [0, 0.05) is 39.9 Å². The van der Waals surface area contributed by atoms with Crippen molar-refractivity contribution in [1.82, 2.24) is 15.1 Å². The minimum absolute atomic E-state index is 0.0359. The first-order chi connectivity index (χ1) is 13.9. The Morgan fingerprint density at radius 3 is 1.62 bits per heavy atom. The first-order valence-electron chi connectivity index (χ1n) is 11.3. The molecule has 1 unspecified atom stereocenters. The van der Waals surface area contributed by atoms with Crippen LogP contribution in [0.2, 0.25) is 0 Å². The van der Waals surface area contributed by atoms with Crippen molar-refractivity contribution in [2.45, 2.75) is 67.0 Å². The quantitative estimate of drug-likeness (QED) is 0.681. The molecule has 2 aliphatic heterocycles. The highest BCUT2D eigenvalue weighted by Crippen LogP contribution is 2.01. The molecular formula is C22H53N3O4. The van der Waals surface area contributed by atoms with Gasteiger partial charge in [-0.15, -0.1) is 0 Å². The van der Waals surface area contributed by atoms with E-state index in [0.717, 1.165) is 32.8 Å². The third-order valence-corrected chi connectivity index (χ3v) is 3.95. The Balaban J connectivity index is -0.000000306. The summed E-state index contributed by atoms with van der Waals surface area (Å²) in [6.45, 7) is 20.4. The smallest absolute Gasteiger partial charge is 0.154 e. The number of nitrogens with one attached hydrogen (secondary N) is 1. The molecule has 2 rings (SSSR count). The lowest BCUT2D eigenvalue weighted by Gasteiger charge is -2.28. The molecule has 0 radical (unpaired) electrons. The van der Waals surface area contributed by atoms with Crippen LogP contribution in [0, 0.1) is 0 Å². The van der Waals surface area contributed by atoms with Crippen LogP contribution in [0.4, 0.5) is 0 Å². The van der Waals surface area contributed by atoms with Gasteiger partial charge >= 0.3 is 0 Å². The average molecular weight is 424 g/mol. The van der Waals surface area contributed by atoms with Crippen molar-refractivity contribution in [3.63, 3.8) is 0 Å². The zero-order valence-electron chi connectivity index (χ0n) is 21.3. The molecule has 1 atom stereocenters. The molecule has 0 saturated carbocycles. The van der Waals surface area contributed by atoms with Crippen LogP contribution in [0.5, 0.6) is 0 Å². The van der Waals surface area contributed by atoms with Crippen LogP contribution >= 0.6 is 0 Å². The van der Waals surface area contributed by atoms with Gasteiger partial charge in [-0.3, -0.25) is 0 Å². The number of hydrogen-bond acceptors (Lipinski definition) is 7. The molecule has 180 valence electrons. The molecule has 2 saturated heterocycles. The highest BCUT2D eigenvalue weighted by Gasteiger charge is 2.08. The van der Waals surface area contributed by atoms with Crippen molar-refractivity contribution in [3.8, 4) is 0 Å². The Kier molecular flexibility index (Phi) is 31.9. The number of piperazine rings is 1. The highest BCUT2D eigenvalue weighted by atomic mass is 16.7. The predicted octanol–water partition coefficient (Wildman–Crippen LogP) is 3.29. The molecule has 7 nitrogen and oxygen atoms in total. The lowest BCUT2D eigenvalue weighted by molar-refractivity contribution is -0.167. The van der Waals surface area contributed by atoms with Crippen molar-refractivity contribution < 1.29 is 18.9 Å². The van der Waals surface area contributed by atoms with E-state index in [-0.39, 0.29) is 12.6 Å². The van der Waals surface area contributed by atoms with Gasteiger partial charge in [-0.1, -0.05) is 20.8 Å². The molecule has 0 aromatic carbocycles. The van der Waals surface area contributed by atoms with Crippen LogP contribution in [-0.2, 0) is 18.9 Å². The van der Waals surface area contributed by atoms with Gasteiger partial charge in [-0.2, -0.15) is 0 Å². The molecule has 2 heterocycles. The summed E-state index contributed by atoms with van der Waals surface area (Å²) in [5.74, 6) is 0. The maximum Gasteiger partial charge on any atom is 0.154 e. The van der Waals surface area contributed by atoms with Crippen molar-refractivity contribution in [1.29, 1.82) is 0 Å².